The van der Waals surface area contributed by atoms with Gasteiger partial charge in [-0.1, -0.05) is 24.6 Å². The molecule has 21 heavy (non-hydrogen) atoms. The minimum atomic E-state index is 0.0987. The lowest BCUT2D eigenvalue weighted by atomic mass is 9.98. The van der Waals surface area contributed by atoms with E-state index < -0.39 is 0 Å². The van der Waals surface area contributed by atoms with Gasteiger partial charge in [-0.05, 0) is 55.8 Å². The van der Waals surface area contributed by atoms with Crippen molar-refractivity contribution in [2.45, 2.75) is 26.8 Å². The average molecular weight is 305 g/mol. The summed E-state index contributed by atoms with van der Waals surface area (Å²) in [4.78, 5) is 4.44. The van der Waals surface area contributed by atoms with Gasteiger partial charge in [-0.2, -0.15) is 0 Å². The van der Waals surface area contributed by atoms with Crippen molar-refractivity contribution < 1.29 is 4.74 Å². The first kappa shape index (κ1) is 15.8. The third-order valence-corrected chi connectivity index (χ3v) is 3.67. The molecule has 1 atom stereocenters. The third kappa shape index (κ3) is 3.74. The van der Waals surface area contributed by atoms with E-state index in [0.717, 1.165) is 23.5 Å². The normalized spacial score (nSPS) is 12.2. The van der Waals surface area contributed by atoms with Crippen molar-refractivity contribution in [2.24, 2.45) is 0 Å². The molecule has 0 aliphatic rings. The lowest BCUT2D eigenvalue weighted by molar-refractivity contribution is 0.414. The zero-order valence-corrected chi connectivity index (χ0v) is 13.7. The van der Waals surface area contributed by atoms with Gasteiger partial charge in [0, 0.05) is 11.4 Å². The first-order valence-corrected chi connectivity index (χ1v) is 7.45. The van der Waals surface area contributed by atoms with Crippen molar-refractivity contribution in [3.8, 4) is 5.75 Å². The summed E-state index contributed by atoms with van der Waals surface area (Å²) in [5, 5.41) is 4.14. The molecule has 112 valence electrons. The standard InChI is InChI=1S/C17H21ClN2O/c1-5-19-17(14-8-11(2)20-12(3)9-14)13-6-7-15(18)16(10-13)21-4/h6-10,17,19H,5H2,1-4H3. The van der Waals surface area contributed by atoms with E-state index in [1.165, 1.54) is 5.56 Å². The van der Waals surface area contributed by atoms with Gasteiger partial charge >= 0.3 is 0 Å². The molecule has 1 aromatic carbocycles. The molecular weight excluding hydrogens is 284 g/mol. The number of pyridine rings is 1. The summed E-state index contributed by atoms with van der Waals surface area (Å²) in [6.45, 7) is 7.00. The maximum Gasteiger partial charge on any atom is 0.137 e. The minimum Gasteiger partial charge on any atom is -0.495 e. The van der Waals surface area contributed by atoms with Crippen molar-refractivity contribution in [1.82, 2.24) is 10.3 Å². The average Bonchev–Trinajstić information content (AvgIpc) is 2.44. The van der Waals surface area contributed by atoms with Crippen LogP contribution >= 0.6 is 11.6 Å². The molecule has 0 fully saturated rings. The Balaban J connectivity index is 2.47. The molecule has 2 aromatic rings. The highest BCUT2D eigenvalue weighted by Gasteiger charge is 2.16. The quantitative estimate of drug-likeness (QED) is 0.904. The van der Waals surface area contributed by atoms with Gasteiger partial charge in [-0.15, -0.1) is 0 Å². The number of nitrogens with zero attached hydrogens (tertiary/aromatic N) is 1. The predicted molar refractivity (Wildman–Crippen MR) is 87.2 cm³/mol. The molecule has 0 radical (unpaired) electrons. The van der Waals surface area contributed by atoms with Crippen molar-refractivity contribution in [3.05, 3.63) is 57.9 Å². The van der Waals surface area contributed by atoms with Crippen molar-refractivity contribution in [2.75, 3.05) is 13.7 Å². The Morgan fingerprint density at radius 2 is 1.81 bits per heavy atom. The first-order chi connectivity index (χ1) is 10.0. The van der Waals surface area contributed by atoms with Crippen LogP contribution < -0.4 is 10.1 Å². The smallest absolute Gasteiger partial charge is 0.137 e. The molecule has 1 aromatic heterocycles. The summed E-state index contributed by atoms with van der Waals surface area (Å²) in [5.74, 6) is 0.694. The highest BCUT2D eigenvalue weighted by Crippen LogP contribution is 2.30. The second-order valence-electron chi connectivity index (χ2n) is 5.07. The first-order valence-electron chi connectivity index (χ1n) is 7.07. The number of benzene rings is 1. The van der Waals surface area contributed by atoms with Gasteiger partial charge < -0.3 is 10.1 Å². The fourth-order valence-electron chi connectivity index (χ4n) is 2.52. The van der Waals surface area contributed by atoms with Crippen LogP contribution in [0, 0.1) is 13.8 Å². The molecule has 0 saturated carbocycles. The van der Waals surface area contributed by atoms with E-state index in [0.29, 0.717) is 10.8 Å². The number of hydrogen-bond donors (Lipinski definition) is 1. The van der Waals surface area contributed by atoms with Crippen LogP contribution in [0.2, 0.25) is 5.02 Å². The minimum absolute atomic E-state index is 0.0987. The summed E-state index contributed by atoms with van der Waals surface area (Å²) < 4.78 is 5.33. The van der Waals surface area contributed by atoms with Crippen molar-refractivity contribution >= 4 is 11.6 Å². The Morgan fingerprint density at radius 1 is 1.14 bits per heavy atom. The summed E-state index contributed by atoms with van der Waals surface area (Å²) in [5.41, 5.74) is 4.37. The summed E-state index contributed by atoms with van der Waals surface area (Å²) in [6.07, 6.45) is 0. The molecule has 0 bridgehead atoms. The molecule has 1 unspecified atom stereocenters. The molecule has 0 aliphatic carbocycles. The van der Waals surface area contributed by atoms with Gasteiger partial charge in [0.05, 0.1) is 18.2 Å². The SMILES string of the molecule is CCNC(c1cc(C)nc(C)c1)c1ccc(Cl)c(OC)c1. The third-order valence-electron chi connectivity index (χ3n) is 3.35. The van der Waals surface area contributed by atoms with Gasteiger partial charge in [0.1, 0.15) is 5.75 Å². The number of aryl methyl sites for hydroxylation is 2. The van der Waals surface area contributed by atoms with Gasteiger partial charge in [-0.25, -0.2) is 0 Å². The van der Waals surface area contributed by atoms with Crippen molar-refractivity contribution in [1.29, 1.82) is 0 Å². The molecule has 0 spiro atoms. The second kappa shape index (κ2) is 6.92. The van der Waals surface area contributed by atoms with E-state index in [4.69, 9.17) is 16.3 Å². The largest absolute Gasteiger partial charge is 0.495 e. The summed E-state index contributed by atoms with van der Waals surface area (Å²) >= 11 is 6.12. The Kier molecular flexibility index (Phi) is 5.21. The Bertz CT molecular complexity index is 608. The van der Waals surface area contributed by atoms with Crippen LogP contribution in [0.1, 0.15) is 35.5 Å². The Labute approximate surface area is 131 Å². The van der Waals surface area contributed by atoms with E-state index in [9.17, 15) is 0 Å². The monoisotopic (exact) mass is 304 g/mol. The lowest BCUT2D eigenvalue weighted by Gasteiger charge is -2.20. The van der Waals surface area contributed by atoms with Crippen LogP contribution in [0.5, 0.6) is 5.75 Å². The Morgan fingerprint density at radius 3 is 2.38 bits per heavy atom. The molecule has 0 saturated heterocycles. The number of methoxy groups -OCH3 is 1. The van der Waals surface area contributed by atoms with Crippen LogP contribution in [0.25, 0.3) is 0 Å². The van der Waals surface area contributed by atoms with Crippen LogP contribution in [0.15, 0.2) is 30.3 Å². The van der Waals surface area contributed by atoms with Gasteiger partial charge in [0.2, 0.25) is 0 Å². The fourth-order valence-corrected chi connectivity index (χ4v) is 2.72. The topological polar surface area (TPSA) is 34.2 Å². The van der Waals surface area contributed by atoms with Gasteiger partial charge in [0.25, 0.3) is 0 Å². The fraction of sp³-hybridized carbons (Fsp3) is 0.353. The number of ether oxygens (including phenoxy) is 1. The van der Waals surface area contributed by atoms with E-state index in [1.54, 1.807) is 7.11 Å². The van der Waals surface area contributed by atoms with Crippen molar-refractivity contribution in [3.63, 3.8) is 0 Å². The molecule has 1 heterocycles. The molecular formula is C17H21ClN2O. The highest BCUT2D eigenvalue weighted by molar-refractivity contribution is 6.32. The van der Waals surface area contributed by atoms with E-state index in [-0.39, 0.29) is 6.04 Å². The maximum absolute atomic E-state index is 6.12. The number of rotatable bonds is 5. The van der Waals surface area contributed by atoms with Crippen LogP contribution in [-0.4, -0.2) is 18.6 Å². The molecule has 4 heteroatoms. The van der Waals surface area contributed by atoms with Gasteiger partial charge in [-0.3, -0.25) is 4.98 Å². The van der Waals surface area contributed by atoms with Crippen LogP contribution in [0.4, 0.5) is 0 Å². The Hall–Kier alpha value is -1.58. The molecule has 2 rings (SSSR count). The summed E-state index contributed by atoms with van der Waals surface area (Å²) in [7, 11) is 1.63. The zero-order chi connectivity index (χ0) is 15.4. The predicted octanol–water partition coefficient (Wildman–Crippen LogP) is 4.06. The number of halogens is 1. The van der Waals surface area contributed by atoms with E-state index in [2.05, 4.69) is 29.4 Å². The zero-order valence-electron chi connectivity index (χ0n) is 12.9. The highest BCUT2D eigenvalue weighted by atomic mass is 35.5. The van der Waals surface area contributed by atoms with Crippen LogP contribution in [-0.2, 0) is 0 Å². The number of nitrogens with one attached hydrogen (secondary N) is 1. The lowest BCUT2D eigenvalue weighted by Crippen LogP contribution is -2.22. The maximum atomic E-state index is 6.12. The van der Waals surface area contributed by atoms with E-state index >= 15 is 0 Å². The van der Waals surface area contributed by atoms with Crippen LogP contribution in [0.3, 0.4) is 0 Å². The van der Waals surface area contributed by atoms with E-state index in [1.807, 2.05) is 32.0 Å². The molecule has 3 nitrogen and oxygen atoms in total. The molecule has 0 aliphatic heterocycles. The molecule has 1 N–H and O–H groups in total. The van der Waals surface area contributed by atoms with Gasteiger partial charge in [0.15, 0.2) is 0 Å². The number of hydrogen-bond acceptors (Lipinski definition) is 3. The second-order valence-corrected chi connectivity index (χ2v) is 5.48. The summed E-state index contributed by atoms with van der Waals surface area (Å²) in [6, 6.07) is 10.2. The molecule has 0 amide bonds. The number of aromatic nitrogens is 1.